The van der Waals surface area contributed by atoms with Crippen LogP contribution in [0.4, 0.5) is 0 Å². The van der Waals surface area contributed by atoms with Crippen LogP contribution in [0.1, 0.15) is 51.0 Å². The molecule has 2 saturated carbocycles. The molecule has 1 aromatic rings. The second-order valence-corrected chi connectivity index (χ2v) is 7.61. The van der Waals surface area contributed by atoms with Gasteiger partial charge in [-0.05, 0) is 74.5 Å². The largest absolute Gasteiger partial charge is 0.353 e. The Hall–Kier alpha value is -1.02. The van der Waals surface area contributed by atoms with E-state index in [2.05, 4.69) is 12.2 Å². The number of fused-ring (bicyclic) bond motifs is 2. The van der Waals surface area contributed by atoms with Crippen LogP contribution < -0.4 is 5.32 Å². The van der Waals surface area contributed by atoms with E-state index in [1.807, 2.05) is 24.3 Å². The lowest BCUT2D eigenvalue weighted by atomic mass is 9.84. The third-order valence-electron chi connectivity index (χ3n) is 5.61. The van der Waals surface area contributed by atoms with E-state index in [4.69, 9.17) is 11.6 Å². The first-order valence-corrected chi connectivity index (χ1v) is 9.03. The number of rotatable bonds is 6. The Labute approximate surface area is 138 Å². The zero-order chi connectivity index (χ0) is 15.5. The smallest absolute Gasteiger partial charge is 0.220 e. The Kier molecular flexibility index (Phi) is 5.07. The monoisotopic (exact) mass is 319 g/mol. The lowest BCUT2D eigenvalue weighted by Gasteiger charge is -2.28. The molecule has 0 heterocycles. The predicted molar refractivity (Wildman–Crippen MR) is 90.9 cm³/mol. The van der Waals surface area contributed by atoms with Gasteiger partial charge in [0.15, 0.2) is 0 Å². The molecule has 2 aliphatic rings. The minimum Gasteiger partial charge on any atom is -0.353 e. The van der Waals surface area contributed by atoms with Gasteiger partial charge in [0.2, 0.25) is 5.91 Å². The molecule has 0 aliphatic heterocycles. The second-order valence-electron chi connectivity index (χ2n) is 7.17. The van der Waals surface area contributed by atoms with Crippen molar-refractivity contribution in [3.05, 3.63) is 34.9 Å². The lowest BCUT2D eigenvalue weighted by Crippen LogP contribution is -2.40. The van der Waals surface area contributed by atoms with Crippen molar-refractivity contribution in [2.75, 3.05) is 0 Å². The van der Waals surface area contributed by atoms with E-state index in [1.54, 1.807) is 0 Å². The maximum absolute atomic E-state index is 12.1. The Balaban J connectivity index is 1.38. The molecule has 4 unspecified atom stereocenters. The molecule has 0 spiro atoms. The molecule has 3 heteroatoms. The molecule has 22 heavy (non-hydrogen) atoms. The molecule has 0 radical (unpaired) electrons. The number of hydrogen-bond acceptors (Lipinski definition) is 1. The molecule has 4 atom stereocenters. The molecule has 2 aliphatic carbocycles. The van der Waals surface area contributed by atoms with Crippen molar-refractivity contribution in [2.45, 2.75) is 57.9 Å². The Bertz CT molecular complexity index is 513. The van der Waals surface area contributed by atoms with Gasteiger partial charge in [-0.15, -0.1) is 0 Å². The van der Waals surface area contributed by atoms with Crippen molar-refractivity contribution in [2.24, 2.45) is 17.8 Å². The van der Waals surface area contributed by atoms with Crippen molar-refractivity contribution in [3.63, 3.8) is 0 Å². The number of carbonyl (C=O) groups excluding carboxylic acids is 1. The zero-order valence-corrected chi connectivity index (χ0v) is 14.1. The Morgan fingerprint density at radius 1 is 1.27 bits per heavy atom. The summed E-state index contributed by atoms with van der Waals surface area (Å²) in [4.78, 5) is 12.1. The van der Waals surface area contributed by atoms with Gasteiger partial charge >= 0.3 is 0 Å². The average molecular weight is 320 g/mol. The Morgan fingerprint density at radius 2 is 2.05 bits per heavy atom. The van der Waals surface area contributed by atoms with Crippen LogP contribution in [0.2, 0.25) is 5.02 Å². The van der Waals surface area contributed by atoms with Crippen molar-refractivity contribution < 1.29 is 4.79 Å². The highest BCUT2D eigenvalue weighted by Gasteiger charge is 2.41. The highest BCUT2D eigenvalue weighted by molar-refractivity contribution is 6.30. The standard InChI is InChI=1S/C19H26ClNO/c1-13(18-12-15-5-8-16(18)11-15)21-19(22)4-2-3-14-6-9-17(20)10-7-14/h6-7,9-10,13,15-16,18H,2-5,8,11-12H2,1H3,(H,21,22). The van der Waals surface area contributed by atoms with Crippen LogP contribution >= 0.6 is 11.6 Å². The van der Waals surface area contributed by atoms with Crippen LogP contribution in [0.15, 0.2) is 24.3 Å². The van der Waals surface area contributed by atoms with Crippen molar-refractivity contribution >= 4 is 17.5 Å². The number of nitrogens with one attached hydrogen (secondary N) is 1. The number of amides is 1. The van der Waals surface area contributed by atoms with Gasteiger partial charge in [0.1, 0.15) is 0 Å². The molecule has 2 fully saturated rings. The number of benzene rings is 1. The van der Waals surface area contributed by atoms with Gasteiger partial charge in [-0.3, -0.25) is 4.79 Å². The molecule has 120 valence electrons. The van der Waals surface area contributed by atoms with Crippen molar-refractivity contribution in [1.29, 1.82) is 0 Å². The van der Waals surface area contributed by atoms with Crippen LogP contribution in [-0.4, -0.2) is 11.9 Å². The highest BCUT2D eigenvalue weighted by Crippen LogP contribution is 2.49. The molecular formula is C19H26ClNO. The lowest BCUT2D eigenvalue weighted by molar-refractivity contribution is -0.122. The molecule has 1 aromatic carbocycles. The fourth-order valence-electron chi connectivity index (χ4n) is 4.44. The second kappa shape index (κ2) is 7.04. The van der Waals surface area contributed by atoms with Crippen LogP contribution in [0, 0.1) is 17.8 Å². The maximum Gasteiger partial charge on any atom is 0.220 e. The van der Waals surface area contributed by atoms with E-state index in [0.717, 1.165) is 35.6 Å². The summed E-state index contributed by atoms with van der Waals surface area (Å²) >= 11 is 5.88. The minimum absolute atomic E-state index is 0.212. The summed E-state index contributed by atoms with van der Waals surface area (Å²) in [6.45, 7) is 2.20. The van der Waals surface area contributed by atoms with E-state index < -0.39 is 0 Å². The van der Waals surface area contributed by atoms with E-state index in [1.165, 1.54) is 31.2 Å². The van der Waals surface area contributed by atoms with Gasteiger partial charge < -0.3 is 5.32 Å². The summed E-state index contributed by atoms with van der Waals surface area (Å²) in [5.41, 5.74) is 1.25. The highest BCUT2D eigenvalue weighted by atomic mass is 35.5. The third-order valence-corrected chi connectivity index (χ3v) is 5.86. The van der Waals surface area contributed by atoms with E-state index in [9.17, 15) is 4.79 Å². The molecule has 2 nitrogen and oxygen atoms in total. The van der Waals surface area contributed by atoms with Crippen LogP contribution in [-0.2, 0) is 11.2 Å². The molecule has 1 amide bonds. The first kappa shape index (κ1) is 15.9. The summed E-state index contributed by atoms with van der Waals surface area (Å²) < 4.78 is 0. The van der Waals surface area contributed by atoms with Crippen LogP contribution in [0.25, 0.3) is 0 Å². The van der Waals surface area contributed by atoms with E-state index in [-0.39, 0.29) is 5.91 Å². The number of aryl methyl sites for hydroxylation is 1. The van der Waals surface area contributed by atoms with Gasteiger partial charge in [-0.25, -0.2) is 0 Å². The Morgan fingerprint density at radius 3 is 2.68 bits per heavy atom. The van der Waals surface area contributed by atoms with Crippen molar-refractivity contribution in [1.82, 2.24) is 5.32 Å². The molecular weight excluding hydrogens is 294 g/mol. The van der Waals surface area contributed by atoms with Crippen LogP contribution in [0.3, 0.4) is 0 Å². The molecule has 0 aromatic heterocycles. The fourth-order valence-corrected chi connectivity index (χ4v) is 4.57. The van der Waals surface area contributed by atoms with Gasteiger partial charge in [0, 0.05) is 17.5 Å². The quantitative estimate of drug-likeness (QED) is 0.815. The summed E-state index contributed by atoms with van der Waals surface area (Å²) in [6.07, 6.45) is 7.99. The fraction of sp³-hybridized carbons (Fsp3) is 0.632. The first-order chi connectivity index (χ1) is 10.6. The van der Waals surface area contributed by atoms with Crippen molar-refractivity contribution in [3.8, 4) is 0 Å². The summed E-state index contributed by atoms with van der Waals surface area (Å²) in [6, 6.07) is 8.25. The maximum atomic E-state index is 12.1. The number of carbonyl (C=O) groups is 1. The first-order valence-electron chi connectivity index (χ1n) is 8.65. The number of halogens is 1. The van der Waals surface area contributed by atoms with Gasteiger partial charge in [0.05, 0.1) is 0 Å². The van der Waals surface area contributed by atoms with Gasteiger partial charge in [-0.1, -0.05) is 30.2 Å². The number of hydrogen-bond donors (Lipinski definition) is 1. The summed E-state index contributed by atoms with van der Waals surface area (Å²) in [7, 11) is 0. The topological polar surface area (TPSA) is 29.1 Å². The molecule has 2 bridgehead atoms. The molecule has 0 saturated heterocycles. The summed E-state index contributed by atoms with van der Waals surface area (Å²) in [5.74, 6) is 2.75. The van der Waals surface area contributed by atoms with E-state index >= 15 is 0 Å². The van der Waals surface area contributed by atoms with Crippen LogP contribution in [0.5, 0.6) is 0 Å². The third kappa shape index (κ3) is 3.84. The minimum atomic E-state index is 0.212. The summed E-state index contributed by atoms with van der Waals surface area (Å²) in [5, 5.41) is 4.01. The molecule has 1 N–H and O–H groups in total. The predicted octanol–water partition coefficient (Wildman–Crippen LogP) is 4.60. The van der Waals surface area contributed by atoms with Gasteiger partial charge in [0.25, 0.3) is 0 Å². The zero-order valence-electron chi connectivity index (χ0n) is 13.4. The average Bonchev–Trinajstić information content (AvgIpc) is 3.12. The van der Waals surface area contributed by atoms with E-state index in [0.29, 0.717) is 12.5 Å². The van der Waals surface area contributed by atoms with Gasteiger partial charge in [-0.2, -0.15) is 0 Å². The SMILES string of the molecule is CC(NC(=O)CCCc1ccc(Cl)cc1)C1CC2CCC1C2. The normalized spacial score (nSPS) is 27.8. The molecule has 3 rings (SSSR count).